The lowest BCUT2D eigenvalue weighted by atomic mass is 9.91. The third-order valence-corrected chi connectivity index (χ3v) is 1.64. The Morgan fingerprint density at radius 1 is 1.50 bits per heavy atom. The Labute approximate surface area is 64.0 Å². The second-order valence-corrected chi connectivity index (χ2v) is 3.07. The largest absolute Gasteiger partial charge is 0.481 e. The molecule has 10 heavy (non-hydrogen) atoms. The van der Waals surface area contributed by atoms with E-state index in [0.29, 0.717) is 0 Å². The highest BCUT2D eigenvalue weighted by atomic mass is 35.5. The van der Waals surface area contributed by atoms with E-state index in [-0.39, 0.29) is 6.42 Å². The molecule has 0 atom stereocenters. The molecule has 0 aliphatic heterocycles. The number of carboxylic acids is 1. The van der Waals surface area contributed by atoms with E-state index in [1.807, 2.05) is 0 Å². The summed E-state index contributed by atoms with van der Waals surface area (Å²) in [5.74, 6) is -1.01. The average molecular weight is 165 g/mol. The molecule has 0 bridgehead atoms. The van der Waals surface area contributed by atoms with Crippen LogP contribution in [0.2, 0.25) is 0 Å². The SMILES string of the molecule is CC(C)(CC(=O)O)C(=O)Cl. The summed E-state index contributed by atoms with van der Waals surface area (Å²) in [5, 5.41) is 7.67. The van der Waals surface area contributed by atoms with Crippen molar-refractivity contribution in [3.8, 4) is 0 Å². The van der Waals surface area contributed by atoms with Crippen molar-refractivity contribution < 1.29 is 14.7 Å². The van der Waals surface area contributed by atoms with E-state index in [0.717, 1.165) is 0 Å². The Morgan fingerprint density at radius 2 is 1.90 bits per heavy atom. The number of rotatable bonds is 3. The molecule has 4 heteroatoms. The number of hydrogen-bond donors (Lipinski definition) is 1. The van der Waals surface area contributed by atoms with Gasteiger partial charge in [-0.3, -0.25) is 9.59 Å². The molecule has 0 aromatic carbocycles. The highest BCUT2D eigenvalue weighted by molar-refractivity contribution is 6.64. The molecule has 58 valence electrons. The van der Waals surface area contributed by atoms with Crippen molar-refractivity contribution in [2.75, 3.05) is 0 Å². The Morgan fingerprint density at radius 3 is 2.00 bits per heavy atom. The minimum Gasteiger partial charge on any atom is -0.481 e. The van der Waals surface area contributed by atoms with Crippen LogP contribution in [0.1, 0.15) is 20.3 Å². The number of carbonyl (C=O) groups is 2. The molecule has 0 saturated carbocycles. The average Bonchev–Trinajstić information content (AvgIpc) is 1.60. The quantitative estimate of drug-likeness (QED) is 0.639. The summed E-state index contributed by atoms with van der Waals surface area (Å²) in [5.41, 5.74) is -0.951. The van der Waals surface area contributed by atoms with Crippen LogP contribution in [0.15, 0.2) is 0 Å². The highest BCUT2D eigenvalue weighted by Gasteiger charge is 2.28. The Kier molecular flexibility index (Phi) is 2.84. The number of carbonyl (C=O) groups excluding carboxylic acids is 1. The zero-order valence-corrected chi connectivity index (χ0v) is 6.60. The van der Waals surface area contributed by atoms with Gasteiger partial charge >= 0.3 is 5.97 Å². The zero-order chi connectivity index (χ0) is 8.36. The predicted octanol–water partition coefficient (Wildman–Crippen LogP) is 1.25. The molecular weight excluding hydrogens is 156 g/mol. The van der Waals surface area contributed by atoms with Crippen molar-refractivity contribution in [2.45, 2.75) is 20.3 Å². The first-order valence-corrected chi connectivity index (χ1v) is 3.16. The van der Waals surface area contributed by atoms with Crippen molar-refractivity contribution >= 4 is 22.8 Å². The molecule has 0 saturated heterocycles. The maximum Gasteiger partial charge on any atom is 0.304 e. The fourth-order valence-electron chi connectivity index (χ4n) is 0.448. The van der Waals surface area contributed by atoms with Gasteiger partial charge in [-0.1, -0.05) is 13.8 Å². The van der Waals surface area contributed by atoms with Crippen LogP contribution in [-0.4, -0.2) is 16.3 Å². The van der Waals surface area contributed by atoms with Crippen LogP contribution in [0.5, 0.6) is 0 Å². The molecule has 3 nitrogen and oxygen atoms in total. The fraction of sp³-hybridized carbons (Fsp3) is 0.667. The van der Waals surface area contributed by atoms with Gasteiger partial charge in [-0.2, -0.15) is 0 Å². The molecule has 0 aromatic rings. The summed E-state index contributed by atoms with van der Waals surface area (Å²) < 4.78 is 0. The molecule has 0 radical (unpaired) electrons. The van der Waals surface area contributed by atoms with Gasteiger partial charge in [-0.05, 0) is 11.6 Å². The van der Waals surface area contributed by atoms with Crippen LogP contribution in [0.25, 0.3) is 0 Å². The smallest absolute Gasteiger partial charge is 0.304 e. The minimum atomic E-state index is -1.01. The van der Waals surface area contributed by atoms with Crippen LogP contribution in [0, 0.1) is 5.41 Å². The van der Waals surface area contributed by atoms with Crippen molar-refractivity contribution in [3.63, 3.8) is 0 Å². The molecule has 0 unspecified atom stereocenters. The van der Waals surface area contributed by atoms with E-state index in [1.54, 1.807) is 0 Å². The van der Waals surface area contributed by atoms with Crippen molar-refractivity contribution in [2.24, 2.45) is 5.41 Å². The zero-order valence-electron chi connectivity index (χ0n) is 5.85. The molecule has 1 N–H and O–H groups in total. The summed E-state index contributed by atoms with van der Waals surface area (Å²) in [4.78, 5) is 20.6. The molecular formula is C6H9ClO3. The molecule has 0 aliphatic carbocycles. The van der Waals surface area contributed by atoms with Gasteiger partial charge in [0.15, 0.2) is 0 Å². The predicted molar refractivity (Wildman–Crippen MR) is 36.9 cm³/mol. The van der Waals surface area contributed by atoms with Crippen molar-refractivity contribution in [1.82, 2.24) is 0 Å². The lowest BCUT2D eigenvalue weighted by molar-refractivity contribution is -0.141. The topological polar surface area (TPSA) is 54.4 Å². The van der Waals surface area contributed by atoms with Gasteiger partial charge in [-0.15, -0.1) is 0 Å². The van der Waals surface area contributed by atoms with E-state index < -0.39 is 16.6 Å². The van der Waals surface area contributed by atoms with Crippen LogP contribution in [0.4, 0.5) is 0 Å². The second-order valence-electron chi connectivity index (χ2n) is 2.73. The van der Waals surface area contributed by atoms with Gasteiger partial charge in [0.05, 0.1) is 6.42 Å². The maximum atomic E-state index is 10.5. The molecule has 0 spiro atoms. The monoisotopic (exact) mass is 164 g/mol. The number of halogens is 1. The van der Waals surface area contributed by atoms with Crippen LogP contribution in [-0.2, 0) is 9.59 Å². The number of carboxylic acid groups (broad SMARTS) is 1. The first-order valence-electron chi connectivity index (χ1n) is 2.78. The van der Waals surface area contributed by atoms with Gasteiger partial charge in [0.1, 0.15) is 0 Å². The van der Waals surface area contributed by atoms with Gasteiger partial charge in [0.2, 0.25) is 5.24 Å². The summed E-state index contributed by atoms with van der Waals surface area (Å²) in [7, 11) is 0. The number of hydrogen-bond acceptors (Lipinski definition) is 2. The van der Waals surface area contributed by atoms with Gasteiger partial charge in [0.25, 0.3) is 0 Å². The van der Waals surface area contributed by atoms with E-state index in [4.69, 9.17) is 16.7 Å². The first-order chi connectivity index (χ1) is 4.36. The number of aliphatic carboxylic acids is 1. The van der Waals surface area contributed by atoms with Gasteiger partial charge < -0.3 is 5.11 Å². The fourth-order valence-corrected chi connectivity index (χ4v) is 0.514. The minimum absolute atomic E-state index is 0.227. The second kappa shape index (κ2) is 3.01. The Balaban J connectivity index is 4.13. The molecule has 0 heterocycles. The summed E-state index contributed by atoms with van der Waals surface area (Å²) in [6.07, 6.45) is -0.227. The normalized spacial score (nSPS) is 11.1. The molecule has 0 aliphatic rings. The summed E-state index contributed by atoms with van der Waals surface area (Å²) >= 11 is 5.11. The van der Waals surface area contributed by atoms with E-state index >= 15 is 0 Å². The molecule has 0 aromatic heterocycles. The first kappa shape index (κ1) is 9.43. The standard InChI is InChI=1S/C6H9ClO3/c1-6(2,5(7)10)3-4(8)9/h3H2,1-2H3,(H,8,9). The third kappa shape index (κ3) is 2.82. The van der Waals surface area contributed by atoms with Crippen LogP contribution < -0.4 is 0 Å². The van der Waals surface area contributed by atoms with E-state index in [2.05, 4.69) is 0 Å². The highest BCUT2D eigenvalue weighted by Crippen LogP contribution is 2.22. The van der Waals surface area contributed by atoms with E-state index in [1.165, 1.54) is 13.8 Å². The lowest BCUT2D eigenvalue weighted by Gasteiger charge is -2.15. The lowest BCUT2D eigenvalue weighted by Crippen LogP contribution is -2.23. The molecule has 0 fully saturated rings. The van der Waals surface area contributed by atoms with Crippen LogP contribution >= 0.6 is 11.6 Å². The third-order valence-electron chi connectivity index (χ3n) is 1.13. The molecule has 0 amide bonds. The van der Waals surface area contributed by atoms with Gasteiger partial charge in [-0.25, -0.2) is 0 Å². The molecule has 0 rings (SSSR count). The summed E-state index contributed by atoms with van der Waals surface area (Å²) in [6, 6.07) is 0. The Hall–Kier alpha value is -0.570. The maximum absolute atomic E-state index is 10.5. The van der Waals surface area contributed by atoms with Crippen molar-refractivity contribution in [1.29, 1.82) is 0 Å². The van der Waals surface area contributed by atoms with Crippen LogP contribution in [0.3, 0.4) is 0 Å². The van der Waals surface area contributed by atoms with Gasteiger partial charge in [0, 0.05) is 5.41 Å². The summed E-state index contributed by atoms with van der Waals surface area (Å²) in [6.45, 7) is 2.99. The van der Waals surface area contributed by atoms with E-state index in [9.17, 15) is 9.59 Å². The Bertz CT molecular complexity index is 162. The van der Waals surface area contributed by atoms with Crippen molar-refractivity contribution in [3.05, 3.63) is 0 Å².